The summed E-state index contributed by atoms with van der Waals surface area (Å²) in [7, 11) is 5.71. The first-order chi connectivity index (χ1) is 11.7. The second-order valence-corrected chi connectivity index (χ2v) is 10.0. The van der Waals surface area contributed by atoms with Gasteiger partial charge in [0, 0.05) is 0 Å². The fourth-order valence-electron chi connectivity index (χ4n) is 7.47. The molecular formula is C22H38B2. The molecule has 0 N–H and O–H groups in total. The monoisotopic (exact) mass is 324 g/mol. The van der Waals surface area contributed by atoms with Crippen LogP contribution in [0.15, 0.2) is 0 Å². The SMILES string of the molecule is CCC(CCCC12[B]C(CCC1)CCC2)C12[B]C(CCC1)CCC2. The second kappa shape index (κ2) is 7.40. The van der Waals surface area contributed by atoms with Gasteiger partial charge in [0.2, 0.25) is 0 Å². The van der Waals surface area contributed by atoms with E-state index in [-0.39, 0.29) is 0 Å². The van der Waals surface area contributed by atoms with Crippen molar-refractivity contribution in [3.05, 3.63) is 0 Å². The fourth-order valence-corrected chi connectivity index (χ4v) is 7.47. The minimum atomic E-state index is 0.652. The highest BCUT2D eigenvalue weighted by Crippen LogP contribution is 2.59. The highest BCUT2D eigenvalue weighted by molar-refractivity contribution is 6.43. The lowest BCUT2D eigenvalue weighted by molar-refractivity contribution is 0.224. The van der Waals surface area contributed by atoms with E-state index in [1.165, 1.54) is 103 Å². The molecule has 4 bridgehead atoms. The van der Waals surface area contributed by atoms with Crippen molar-refractivity contribution in [3.63, 3.8) is 0 Å². The first-order valence-electron chi connectivity index (χ1n) is 11.5. The molecule has 4 heterocycles. The summed E-state index contributed by atoms with van der Waals surface area (Å²) in [6, 6.07) is 0. The van der Waals surface area contributed by atoms with Crippen LogP contribution in [-0.2, 0) is 0 Å². The Morgan fingerprint density at radius 1 is 0.833 bits per heavy atom. The summed E-state index contributed by atoms with van der Waals surface area (Å²) in [6.07, 6.45) is 24.0. The third-order valence-electron chi connectivity index (χ3n) is 8.62. The molecule has 0 aromatic heterocycles. The molecule has 1 unspecified atom stereocenters. The van der Waals surface area contributed by atoms with Crippen LogP contribution in [0.5, 0.6) is 0 Å². The van der Waals surface area contributed by atoms with Gasteiger partial charge in [-0.05, 0) is 5.92 Å². The van der Waals surface area contributed by atoms with E-state index in [0.717, 1.165) is 17.6 Å². The molecule has 2 radical (unpaired) electrons. The summed E-state index contributed by atoms with van der Waals surface area (Å²) in [5.74, 6) is 2.95. The first kappa shape index (κ1) is 17.5. The Hall–Kier alpha value is 0.130. The van der Waals surface area contributed by atoms with E-state index in [2.05, 4.69) is 21.5 Å². The van der Waals surface area contributed by atoms with Crippen LogP contribution >= 0.6 is 0 Å². The quantitative estimate of drug-likeness (QED) is 0.452. The fraction of sp³-hybridized carbons (Fsp3) is 1.00. The van der Waals surface area contributed by atoms with Crippen LogP contribution in [-0.4, -0.2) is 14.6 Å². The Morgan fingerprint density at radius 3 is 2.04 bits per heavy atom. The van der Waals surface area contributed by atoms with Crippen molar-refractivity contribution in [2.24, 2.45) is 5.92 Å². The summed E-state index contributed by atoms with van der Waals surface area (Å²) >= 11 is 0. The molecule has 4 fully saturated rings. The lowest BCUT2D eigenvalue weighted by Gasteiger charge is -2.50. The topological polar surface area (TPSA) is 0 Å². The summed E-state index contributed by atoms with van der Waals surface area (Å²) < 4.78 is 0. The van der Waals surface area contributed by atoms with Crippen LogP contribution in [0.4, 0.5) is 0 Å². The predicted octanol–water partition coefficient (Wildman–Crippen LogP) is 7.22. The standard InChI is InChI=1S/C22H38B2/c1-2-18(22-16-6-11-20(24-22)12-7-17-22)8-3-13-21-14-4-9-19(23-21)10-5-15-21/h18-20H,2-17H2,1H3. The van der Waals surface area contributed by atoms with Gasteiger partial charge in [0.15, 0.2) is 0 Å². The van der Waals surface area contributed by atoms with Crippen molar-refractivity contribution < 1.29 is 0 Å². The van der Waals surface area contributed by atoms with E-state index in [0.29, 0.717) is 10.6 Å². The third kappa shape index (κ3) is 3.50. The van der Waals surface area contributed by atoms with Gasteiger partial charge in [-0.25, -0.2) is 0 Å². The summed E-state index contributed by atoms with van der Waals surface area (Å²) in [5.41, 5.74) is 0. The molecule has 2 heteroatoms. The Morgan fingerprint density at radius 2 is 1.42 bits per heavy atom. The first-order valence-corrected chi connectivity index (χ1v) is 11.5. The summed E-state index contributed by atoms with van der Waals surface area (Å²) in [4.78, 5) is 0. The predicted molar refractivity (Wildman–Crippen MR) is 107 cm³/mol. The number of rotatable bonds is 6. The van der Waals surface area contributed by atoms with Gasteiger partial charge in [-0.2, -0.15) is 0 Å². The van der Waals surface area contributed by atoms with Crippen LogP contribution in [0, 0.1) is 5.92 Å². The van der Waals surface area contributed by atoms with Crippen molar-refractivity contribution >= 4 is 14.6 Å². The van der Waals surface area contributed by atoms with Gasteiger partial charge >= 0.3 is 0 Å². The van der Waals surface area contributed by atoms with Crippen LogP contribution in [0.3, 0.4) is 0 Å². The van der Waals surface area contributed by atoms with Gasteiger partial charge in [0.05, 0.1) is 0 Å². The van der Waals surface area contributed by atoms with Crippen molar-refractivity contribution in [1.82, 2.24) is 0 Å². The molecule has 4 aliphatic heterocycles. The molecular weight excluding hydrogens is 286 g/mol. The van der Waals surface area contributed by atoms with E-state index < -0.39 is 0 Å². The smallest absolute Gasteiger partial charge is 0.0682 e. The molecule has 0 aliphatic carbocycles. The molecule has 4 aliphatic rings. The maximum absolute atomic E-state index is 2.87. The molecule has 0 nitrogen and oxygen atoms in total. The van der Waals surface area contributed by atoms with Gasteiger partial charge in [0.25, 0.3) is 0 Å². The van der Waals surface area contributed by atoms with Gasteiger partial charge in [-0.3, -0.25) is 0 Å². The average Bonchev–Trinajstić information content (AvgIpc) is 2.59. The molecule has 0 aromatic carbocycles. The van der Waals surface area contributed by atoms with Gasteiger partial charge in [-0.1, -0.05) is 132 Å². The second-order valence-electron chi connectivity index (χ2n) is 10.0. The van der Waals surface area contributed by atoms with Crippen LogP contribution in [0.1, 0.15) is 110 Å². The van der Waals surface area contributed by atoms with E-state index in [9.17, 15) is 0 Å². The molecule has 1 atom stereocenters. The number of hydrogen-bond acceptors (Lipinski definition) is 0. The highest BCUT2D eigenvalue weighted by Gasteiger charge is 2.45. The van der Waals surface area contributed by atoms with E-state index >= 15 is 0 Å². The Labute approximate surface area is 152 Å². The zero-order chi connectivity index (χ0) is 16.5. The average molecular weight is 324 g/mol. The Kier molecular flexibility index (Phi) is 5.41. The normalized spacial score (nSPS) is 42.7. The minimum Gasteiger partial charge on any atom is -0.0682 e. The highest BCUT2D eigenvalue weighted by atomic mass is 14.4. The molecule has 0 spiro atoms. The minimum absolute atomic E-state index is 0.652. The molecule has 4 saturated heterocycles. The largest absolute Gasteiger partial charge is 0.122 e. The molecule has 24 heavy (non-hydrogen) atoms. The Balaban J connectivity index is 1.34. The number of fused-ring (bicyclic) bond motifs is 4. The van der Waals surface area contributed by atoms with E-state index in [1.807, 2.05) is 0 Å². The van der Waals surface area contributed by atoms with Crippen molar-refractivity contribution in [2.45, 2.75) is 132 Å². The molecule has 0 saturated carbocycles. The lowest BCUT2D eigenvalue weighted by Crippen LogP contribution is -2.38. The molecule has 4 rings (SSSR count). The van der Waals surface area contributed by atoms with Crippen molar-refractivity contribution in [3.8, 4) is 0 Å². The van der Waals surface area contributed by atoms with E-state index in [4.69, 9.17) is 0 Å². The third-order valence-corrected chi connectivity index (χ3v) is 8.62. The van der Waals surface area contributed by atoms with E-state index in [1.54, 1.807) is 0 Å². The molecule has 0 aromatic rings. The Bertz CT molecular complexity index is 398. The van der Waals surface area contributed by atoms with Gasteiger partial charge in [0.1, 0.15) is 14.6 Å². The van der Waals surface area contributed by atoms with Crippen molar-refractivity contribution in [2.75, 3.05) is 0 Å². The maximum atomic E-state index is 2.87. The zero-order valence-corrected chi connectivity index (χ0v) is 16.2. The van der Waals surface area contributed by atoms with Gasteiger partial charge in [-0.15, -0.1) is 0 Å². The zero-order valence-electron chi connectivity index (χ0n) is 16.2. The molecule has 132 valence electrons. The van der Waals surface area contributed by atoms with Gasteiger partial charge < -0.3 is 0 Å². The van der Waals surface area contributed by atoms with Crippen LogP contribution < -0.4 is 0 Å². The van der Waals surface area contributed by atoms with Crippen LogP contribution in [0.25, 0.3) is 0 Å². The maximum Gasteiger partial charge on any atom is 0.122 e. The molecule has 0 amide bonds. The van der Waals surface area contributed by atoms with Crippen LogP contribution in [0.2, 0.25) is 22.3 Å². The summed E-state index contributed by atoms with van der Waals surface area (Å²) in [5, 5.41) is 1.32. The lowest BCUT2D eigenvalue weighted by atomic mass is 9.32. The number of hydrogen-bond donors (Lipinski definition) is 0. The van der Waals surface area contributed by atoms with Crippen molar-refractivity contribution in [1.29, 1.82) is 0 Å². The summed E-state index contributed by atoms with van der Waals surface area (Å²) in [6.45, 7) is 2.48.